The number of halogens is 1. The lowest BCUT2D eigenvalue weighted by molar-refractivity contribution is 0.102. The Kier molecular flexibility index (Phi) is 5.77. The van der Waals surface area contributed by atoms with Crippen LogP contribution in [0.1, 0.15) is 15.9 Å². The molecular weight excluding hydrogens is 350 g/mol. The van der Waals surface area contributed by atoms with Gasteiger partial charge in [-0.1, -0.05) is 35.9 Å². The number of amides is 1. The molecule has 0 bridgehead atoms. The van der Waals surface area contributed by atoms with Gasteiger partial charge in [0.1, 0.15) is 18.1 Å². The third-order valence-corrected chi connectivity index (χ3v) is 4.11. The highest BCUT2D eigenvalue weighted by atomic mass is 35.5. The van der Waals surface area contributed by atoms with Gasteiger partial charge in [0, 0.05) is 11.3 Å². The van der Waals surface area contributed by atoms with E-state index >= 15 is 0 Å². The van der Waals surface area contributed by atoms with Gasteiger partial charge in [0.15, 0.2) is 0 Å². The van der Waals surface area contributed by atoms with E-state index in [1.807, 2.05) is 30.3 Å². The number of hydrogen-bond acceptors (Lipinski definition) is 3. The van der Waals surface area contributed by atoms with Crippen molar-refractivity contribution in [2.24, 2.45) is 0 Å². The molecule has 26 heavy (non-hydrogen) atoms. The Hall–Kier alpha value is -2.98. The average molecular weight is 368 g/mol. The summed E-state index contributed by atoms with van der Waals surface area (Å²) in [5, 5.41) is 3.42. The molecule has 3 aromatic carbocycles. The number of para-hydroxylation sites is 1. The number of methoxy groups -OCH3 is 1. The lowest BCUT2D eigenvalue weighted by Gasteiger charge is -2.09. The van der Waals surface area contributed by atoms with Crippen LogP contribution in [-0.2, 0) is 6.61 Å². The monoisotopic (exact) mass is 367 g/mol. The zero-order chi connectivity index (χ0) is 18.4. The Morgan fingerprint density at radius 3 is 2.31 bits per heavy atom. The zero-order valence-corrected chi connectivity index (χ0v) is 15.0. The van der Waals surface area contributed by atoms with Crippen LogP contribution in [-0.4, -0.2) is 13.0 Å². The molecule has 0 saturated carbocycles. The first-order valence-corrected chi connectivity index (χ1v) is 8.45. The molecule has 1 amide bonds. The largest absolute Gasteiger partial charge is 0.497 e. The van der Waals surface area contributed by atoms with Gasteiger partial charge in [-0.15, -0.1) is 0 Å². The van der Waals surface area contributed by atoms with Crippen LogP contribution in [0.3, 0.4) is 0 Å². The van der Waals surface area contributed by atoms with E-state index in [2.05, 4.69) is 5.32 Å². The van der Waals surface area contributed by atoms with Crippen LogP contribution in [0.25, 0.3) is 0 Å². The molecule has 3 rings (SSSR count). The number of benzene rings is 3. The zero-order valence-electron chi connectivity index (χ0n) is 14.2. The highest BCUT2D eigenvalue weighted by Gasteiger charge is 2.07. The van der Waals surface area contributed by atoms with Crippen LogP contribution < -0.4 is 14.8 Å². The van der Waals surface area contributed by atoms with E-state index in [9.17, 15) is 4.79 Å². The second-order valence-electron chi connectivity index (χ2n) is 5.60. The van der Waals surface area contributed by atoms with Crippen molar-refractivity contribution in [2.45, 2.75) is 6.61 Å². The summed E-state index contributed by atoms with van der Waals surface area (Å²) in [5.41, 5.74) is 2.23. The first-order valence-electron chi connectivity index (χ1n) is 8.07. The fraction of sp³-hybridized carbons (Fsp3) is 0.0952. The Bertz CT molecular complexity index is 877. The summed E-state index contributed by atoms with van der Waals surface area (Å²) in [5.74, 6) is 1.20. The van der Waals surface area contributed by atoms with Gasteiger partial charge in [-0.05, 0) is 54.1 Å². The molecule has 0 atom stereocenters. The smallest absolute Gasteiger partial charge is 0.255 e. The number of nitrogens with one attached hydrogen (secondary N) is 1. The van der Waals surface area contributed by atoms with Crippen LogP contribution in [0.15, 0.2) is 72.8 Å². The van der Waals surface area contributed by atoms with Crippen LogP contribution in [0, 0.1) is 0 Å². The second kappa shape index (κ2) is 8.41. The minimum Gasteiger partial charge on any atom is -0.497 e. The predicted octanol–water partition coefficient (Wildman–Crippen LogP) is 5.18. The molecule has 3 aromatic rings. The lowest BCUT2D eigenvalue weighted by Crippen LogP contribution is -2.11. The maximum Gasteiger partial charge on any atom is 0.255 e. The molecule has 0 aliphatic heterocycles. The van der Waals surface area contributed by atoms with Crippen molar-refractivity contribution in [3.63, 3.8) is 0 Å². The highest BCUT2D eigenvalue weighted by Crippen LogP contribution is 2.24. The van der Waals surface area contributed by atoms with Gasteiger partial charge < -0.3 is 14.8 Å². The lowest BCUT2D eigenvalue weighted by atomic mass is 10.1. The Morgan fingerprint density at radius 1 is 0.962 bits per heavy atom. The van der Waals surface area contributed by atoms with Gasteiger partial charge in [-0.2, -0.15) is 0 Å². The van der Waals surface area contributed by atoms with Gasteiger partial charge in [-0.25, -0.2) is 0 Å². The predicted molar refractivity (Wildman–Crippen MR) is 103 cm³/mol. The Morgan fingerprint density at radius 2 is 1.65 bits per heavy atom. The fourth-order valence-corrected chi connectivity index (χ4v) is 2.54. The number of ether oxygens (including phenoxy) is 2. The molecule has 0 heterocycles. The second-order valence-corrected chi connectivity index (χ2v) is 6.01. The summed E-state index contributed by atoms with van der Waals surface area (Å²) in [4.78, 5) is 12.3. The minimum absolute atomic E-state index is 0.172. The summed E-state index contributed by atoms with van der Waals surface area (Å²) in [6.45, 7) is 0.379. The SMILES string of the molecule is COc1ccc(NC(=O)c2ccc(COc3ccccc3Cl)cc2)cc1. The van der Waals surface area contributed by atoms with Crippen molar-refractivity contribution >= 4 is 23.2 Å². The standard InChI is InChI=1S/C21H18ClNO3/c1-25-18-12-10-17(11-13-18)23-21(24)16-8-6-15(7-9-16)14-26-20-5-3-2-4-19(20)22/h2-13H,14H2,1H3,(H,23,24). The first-order chi connectivity index (χ1) is 12.7. The van der Waals surface area contributed by atoms with Crippen LogP contribution in [0.4, 0.5) is 5.69 Å². The summed E-state index contributed by atoms with van der Waals surface area (Å²) < 4.78 is 10.8. The third-order valence-electron chi connectivity index (χ3n) is 3.80. The molecule has 0 fully saturated rings. The van der Waals surface area contributed by atoms with E-state index < -0.39 is 0 Å². The molecule has 0 radical (unpaired) electrons. The number of rotatable bonds is 6. The van der Waals surface area contributed by atoms with Crippen molar-refractivity contribution in [1.29, 1.82) is 0 Å². The van der Waals surface area contributed by atoms with E-state index in [0.29, 0.717) is 28.6 Å². The first kappa shape index (κ1) is 17.8. The van der Waals surface area contributed by atoms with Crippen molar-refractivity contribution < 1.29 is 14.3 Å². The van der Waals surface area contributed by atoms with Gasteiger partial charge in [-0.3, -0.25) is 4.79 Å². The maximum atomic E-state index is 12.3. The van der Waals surface area contributed by atoms with Crippen molar-refractivity contribution in [3.8, 4) is 11.5 Å². The topological polar surface area (TPSA) is 47.6 Å². The van der Waals surface area contributed by atoms with Gasteiger partial charge in [0.05, 0.1) is 12.1 Å². The molecule has 0 unspecified atom stereocenters. The Balaban J connectivity index is 1.59. The van der Waals surface area contributed by atoms with E-state index in [1.54, 1.807) is 49.6 Å². The molecule has 0 aliphatic carbocycles. The molecule has 4 nitrogen and oxygen atoms in total. The van der Waals surface area contributed by atoms with Gasteiger partial charge in [0.2, 0.25) is 0 Å². The highest BCUT2D eigenvalue weighted by molar-refractivity contribution is 6.32. The number of anilines is 1. The normalized spacial score (nSPS) is 10.2. The van der Waals surface area contributed by atoms with E-state index in [1.165, 1.54) is 0 Å². The quantitative estimate of drug-likeness (QED) is 0.653. The van der Waals surface area contributed by atoms with Crippen molar-refractivity contribution in [1.82, 2.24) is 0 Å². The fourth-order valence-electron chi connectivity index (χ4n) is 2.35. The summed E-state index contributed by atoms with van der Waals surface area (Å²) in [7, 11) is 1.60. The average Bonchev–Trinajstić information content (AvgIpc) is 2.68. The van der Waals surface area contributed by atoms with Crippen LogP contribution in [0.2, 0.25) is 5.02 Å². The molecule has 0 spiro atoms. The molecule has 0 aliphatic rings. The van der Waals surface area contributed by atoms with Crippen LogP contribution >= 0.6 is 11.6 Å². The molecule has 0 aromatic heterocycles. The maximum absolute atomic E-state index is 12.3. The van der Waals surface area contributed by atoms with Crippen molar-refractivity contribution in [3.05, 3.63) is 88.9 Å². The Labute approximate surface area is 157 Å². The molecule has 5 heteroatoms. The number of hydrogen-bond donors (Lipinski definition) is 1. The van der Waals surface area contributed by atoms with Crippen LogP contribution in [0.5, 0.6) is 11.5 Å². The molecule has 132 valence electrons. The van der Waals surface area contributed by atoms with E-state index in [4.69, 9.17) is 21.1 Å². The number of carbonyl (C=O) groups excluding carboxylic acids is 1. The van der Waals surface area contributed by atoms with E-state index in [-0.39, 0.29) is 5.91 Å². The molecule has 0 saturated heterocycles. The van der Waals surface area contributed by atoms with E-state index in [0.717, 1.165) is 11.3 Å². The summed E-state index contributed by atoms with van der Waals surface area (Å²) in [6, 6.07) is 21.8. The summed E-state index contributed by atoms with van der Waals surface area (Å²) >= 11 is 6.07. The minimum atomic E-state index is -0.172. The van der Waals surface area contributed by atoms with Gasteiger partial charge in [0.25, 0.3) is 5.91 Å². The molecule has 1 N–H and O–H groups in total. The third kappa shape index (κ3) is 4.55. The molecular formula is C21H18ClNO3. The van der Waals surface area contributed by atoms with Crippen molar-refractivity contribution in [2.75, 3.05) is 12.4 Å². The summed E-state index contributed by atoms with van der Waals surface area (Å²) in [6.07, 6.45) is 0. The number of carbonyl (C=O) groups is 1. The van der Waals surface area contributed by atoms with Gasteiger partial charge >= 0.3 is 0 Å².